The number of nitrogens with zero attached hydrogens (tertiary/aromatic N) is 2. The Labute approximate surface area is 126 Å². The van der Waals surface area contributed by atoms with Gasteiger partial charge in [-0.15, -0.1) is 0 Å². The van der Waals surface area contributed by atoms with Crippen LogP contribution in [-0.4, -0.2) is 48.6 Å². The second kappa shape index (κ2) is 7.00. The van der Waals surface area contributed by atoms with Crippen molar-refractivity contribution >= 4 is 5.91 Å². The van der Waals surface area contributed by atoms with Crippen molar-refractivity contribution in [1.82, 2.24) is 15.2 Å². The number of likely N-dealkylation sites (tertiary alicyclic amines) is 1. The summed E-state index contributed by atoms with van der Waals surface area (Å²) in [4.78, 5) is 18.6. The molecule has 1 atom stereocenters. The molecule has 0 aromatic carbocycles. The zero-order valence-electron chi connectivity index (χ0n) is 13.2. The highest BCUT2D eigenvalue weighted by molar-refractivity contribution is 5.77. The Morgan fingerprint density at radius 2 is 2.33 bits per heavy atom. The Kier molecular flexibility index (Phi) is 5.31. The molecule has 5 nitrogen and oxygen atoms in total. The smallest absolute Gasteiger partial charge is 0.221 e. The number of hydrogen-bond acceptors (Lipinski definition) is 4. The summed E-state index contributed by atoms with van der Waals surface area (Å²) in [5, 5.41) is 2.73. The molecule has 1 aromatic rings. The van der Waals surface area contributed by atoms with Crippen molar-refractivity contribution in [3.8, 4) is 0 Å². The van der Waals surface area contributed by atoms with Crippen molar-refractivity contribution in [2.24, 2.45) is 0 Å². The fourth-order valence-electron chi connectivity index (χ4n) is 3.12. The first kappa shape index (κ1) is 15.9. The van der Waals surface area contributed by atoms with Crippen LogP contribution in [0.15, 0.2) is 18.3 Å². The van der Waals surface area contributed by atoms with Gasteiger partial charge < -0.3 is 10.1 Å². The van der Waals surface area contributed by atoms with Crippen molar-refractivity contribution in [3.63, 3.8) is 0 Å². The van der Waals surface area contributed by atoms with Crippen LogP contribution in [0.5, 0.6) is 0 Å². The Morgan fingerprint density at radius 3 is 2.95 bits per heavy atom. The van der Waals surface area contributed by atoms with E-state index in [1.807, 2.05) is 19.2 Å². The minimum Gasteiger partial charge on any atom is -0.383 e. The second-order valence-corrected chi connectivity index (χ2v) is 5.84. The van der Waals surface area contributed by atoms with Crippen LogP contribution in [-0.2, 0) is 16.1 Å². The second-order valence-electron chi connectivity index (χ2n) is 5.84. The molecule has 1 fully saturated rings. The van der Waals surface area contributed by atoms with E-state index in [1.54, 1.807) is 14.2 Å². The quantitative estimate of drug-likeness (QED) is 0.863. The van der Waals surface area contributed by atoms with E-state index in [2.05, 4.69) is 21.3 Å². The van der Waals surface area contributed by atoms with E-state index in [0.717, 1.165) is 31.6 Å². The summed E-state index contributed by atoms with van der Waals surface area (Å²) in [6.45, 7) is 4.38. The van der Waals surface area contributed by atoms with Crippen LogP contribution in [0.1, 0.15) is 30.5 Å². The van der Waals surface area contributed by atoms with E-state index in [0.29, 0.717) is 13.0 Å². The van der Waals surface area contributed by atoms with E-state index in [1.165, 1.54) is 5.56 Å². The first-order valence-electron chi connectivity index (χ1n) is 7.46. The molecule has 1 N–H and O–H groups in total. The van der Waals surface area contributed by atoms with Gasteiger partial charge in [0.25, 0.3) is 0 Å². The number of aromatic nitrogens is 1. The lowest BCUT2D eigenvalue weighted by atomic mass is 9.92. The molecule has 1 aliphatic rings. The highest BCUT2D eigenvalue weighted by atomic mass is 16.5. The van der Waals surface area contributed by atoms with E-state index in [9.17, 15) is 4.79 Å². The van der Waals surface area contributed by atoms with Gasteiger partial charge in [0.05, 0.1) is 12.1 Å². The molecule has 1 saturated heterocycles. The Hall–Kier alpha value is -1.46. The lowest BCUT2D eigenvalue weighted by Crippen LogP contribution is -2.49. The summed E-state index contributed by atoms with van der Waals surface area (Å²) in [6.07, 6.45) is 4.49. The average molecular weight is 291 g/mol. The van der Waals surface area contributed by atoms with E-state index < -0.39 is 0 Å². The van der Waals surface area contributed by atoms with Crippen molar-refractivity contribution in [3.05, 3.63) is 29.6 Å². The van der Waals surface area contributed by atoms with Crippen molar-refractivity contribution in [1.29, 1.82) is 0 Å². The topological polar surface area (TPSA) is 54.5 Å². The van der Waals surface area contributed by atoms with Crippen molar-refractivity contribution in [2.45, 2.75) is 38.3 Å². The molecule has 0 aliphatic carbocycles. The van der Waals surface area contributed by atoms with E-state index >= 15 is 0 Å². The lowest BCUT2D eigenvalue weighted by molar-refractivity contribution is -0.124. The summed E-state index contributed by atoms with van der Waals surface area (Å²) in [7, 11) is 3.39. The molecule has 0 radical (unpaired) electrons. The molecule has 2 heterocycles. The molecule has 0 unspecified atom stereocenters. The summed E-state index contributed by atoms with van der Waals surface area (Å²) < 4.78 is 5.42. The number of pyridine rings is 1. The van der Waals surface area contributed by atoms with Crippen LogP contribution in [0.4, 0.5) is 0 Å². The first-order valence-corrected chi connectivity index (χ1v) is 7.46. The Morgan fingerprint density at radius 1 is 1.52 bits per heavy atom. The molecule has 21 heavy (non-hydrogen) atoms. The molecular formula is C16H25N3O2. The van der Waals surface area contributed by atoms with Gasteiger partial charge in [0, 0.05) is 39.0 Å². The zero-order chi connectivity index (χ0) is 15.3. The van der Waals surface area contributed by atoms with Crippen molar-refractivity contribution < 1.29 is 9.53 Å². The molecule has 1 amide bonds. The average Bonchev–Trinajstić information content (AvgIpc) is 2.84. The summed E-state index contributed by atoms with van der Waals surface area (Å²) >= 11 is 0. The molecule has 5 heteroatoms. The van der Waals surface area contributed by atoms with Gasteiger partial charge in [-0.3, -0.25) is 14.7 Å². The van der Waals surface area contributed by atoms with Gasteiger partial charge in [-0.2, -0.15) is 0 Å². The van der Waals surface area contributed by atoms with E-state index in [-0.39, 0.29) is 11.4 Å². The zero-order valence-corrected chi connectivity index (χ0v) is 13.2. The predicted octanol–water partition coefficient (Wildman–Crippen LogP) is 1.51. The predicted molar refractivity (Wildman–Crippen MR) is 81.9 cm³/mol. The Balaban J connectivity index is 2.14. The van der Waals surface area contributed by atoms with E-state index in [4.69, 9.17) is 4.74 Å². The third-order valence-corrected chi connectivity index (χ3v) is 4.27. The lowest BCUT2D eigenvalue weighted by Gasteiger charge is -2.37. The normalized spacial score (nSPS) is 22.4. The van der Waals surface area contributed by atoms with Crippen LogP contribution in [0.25, 0.3) is 0 Å². The molecular weight excluding hydrogens is 266 g/mol. The maximum Gasteiger partial charge on any atom is 0.221 e. The summed E-state index contributed by atoms with van der Waals surface area (Å²) in [6, 6.07) is 4.14. The third-order valence-electron chi connectivity index (χ3n) is 4.27. The maximum atomic E-state index is 11.9. The number of amides is 1. The molecule has 0 spiro atoms. The maximum absolute atomic E-state index is 11.9. The van der Waals surface area contributed by atoms with Gasteiger partial charge in [-0.05, 0) is 37.9 Å². The highest BCUT2D eigenvalue weighted by Gasteiger charge is 2.42. The van der Waals surface area contributed by atoms with Gasteiger partial charge in [0.2, 0.25) is 5.91 Å². The highest BCUT2D eigenvalue weighted by Crippen LogP contribution is 2.34. The Bertz CT molecular complexity index is 475. The largest absolute Gasteiger partial charge is 0.383 e. The standard InChI is InChI=1S/C16H25N3O2/c1-13-5-6-14(10-18-13)11-19-8-4-7-16(19,12-21-3)9-15(20)17-2/h5-6,10H,4,7-9,11-12H2,1-3H3,(H,17,20)/t16-/m1/s1. The first-order chi connectivity index (χ1) is 10.1. The van der Waals surface area contributed by atoms with Gasteiger partial charge in [-0.25, -0.2) is 0 Å². The summed E-state index contributed by atoms with van der Waals surface area (Å²) in [5.41, 5.74) is 2.01. The molecule has 1 aliphatic heterocycles. The molecule has 2 rings (SSSR count). The molecule has 0 saturated carbocycles. The van der Waals surface area contributed by atoms with Crippen LogP contribution in [0.2, 0.25) is 0 Å². The summed E-state index contributed by atoms with van der Waals surface area (Å²) in [5.74, 6) is 0.0704. The van der Waals surface area contributed by atoms with Gasteiger partial charge in [0.15, 0.2) is 0 Å². The van der Waals surface area contributed by atoms with Crippen LogP contribution in [0.3, 0.4) is 0 Å². The SMILES string of the molecule is CNC(=O)C[C@@]1(COC)CCCN1Cc1ccc(C)nc1. The fraction of sp³-hybridized carbons (Fsp3) is 0.625. The van der Waals surface area contributed by atoms with Gasteiger partial charge in [0.1, 0.15) is 0 Å². The van der Waals surface area contributed by atoms with Gasteiger partial charge in [-0.1, -0.05) is 6.07 Å². The van der Waals surface area contributed by atoms with Gasteiger partial charge >= 0.3 is 0 Å². The van der Waals surface area contributed by atoms with Crippen LogP contribution < -0.4 is 5.32 Å². The number of carbonyl (C=O) groups excluding carboxylic acids is 1. The minimum atomic E-state index is -0.195. The van der Waals surface area contributed by atoms with Crippen LogP contribution >= 0.6 is 0 Å². The number of hydrogen-bond donors (Lipinski definition) is 1. The number of carbonyl (C=O) groups is 1. The monoisotopic (exact) mass is 291 g/mol. The number of nitrogens with one attached hydrogen (secondary N) is 1. The minimum absolute atomic E-state index is 0.0704. The fourth-order valence-corrected chi connectivity index (χ4v) is 3.12. The number of aryl methyl sites for hydroxylation is 1. The number of ether oxygens (including phenoxy) is 1. The molecule has 1 aromatic heterocycles. The number of methoxy groups -OCH3 is 1. The van der Waals surface area contributed by atoms with Crippen molar-refractivity contribution in [2.75, 3.05) is 27.3 Å². The number of rotatable bonds is 6. The van der Waals surface area contributed by atoms with Crippen LogP contribution in [0, 0.1) is 6.92 Å². The molecule has 0 bridgehead atoms. The third kappa shape index (κ3) is 3.80. The molecule has 116 valence electrons.